The van der Waals surface area contributed by atoms with Gasteiger partial charge >= 0.3 is 0 Å². The van der Waals surface area contributed by atoms with Crippen LogP contribution in [0.4, 0.5) is 11.9 Å². The highest BCUT2D eigenvalue weighted by molar-refractivity contribution is 6.30. The Morgan fingerprint density at radius 1 is 1.00 bits per heavy atom. The molecule has 0 saturated carbocycles. The van der Waals surface area contributed by atoms with E-state index in [9.17, 15) is 0 Å². The second kappa shape index (κ2) is 8.31. The fourth-order valence-electron chi connectivity index (χ4n) is 2.59. The quantitative estimate of drug-likeness (QED) is 0.685. The highest BCUT2D eigenvalue weighted by Crippen LogP contribution is 2.27. The van der Waals surface area contributed by atoms with Crippen molar-refractivity contribution in [3.8, 4) is 0 Å². The van der Waals surface area contributed by atoms with E-state index in [-0.39, 0.29) is 12.0 Å². The summed E-state index contributed by atoms with van der Waals surface area (Å²) in [5.74, 6) is 2.05. The lowest BCUT2D eigenvalue weighted by molar-refractivity contribution is 0.747. The van der Waals surface area contributed by atoms with Crippen LogP contribution in [0.2, 0.25) is 5.02 Å². The van der Waals surface area contributed by atoms with Crippen LogP contribution in [-0.2, 0) is 0 Å². The van der Waals surface area contributed by atoms with Gasteiger partial charge in [-0.3, -0.25) is 4.98 Å². The van der Waals surface area contributed by atoms with Gasteiger partial charge in [0.1, 0.15) is 5.82 Å². The second-order valence-electron chi connectivity index (χ2n) is 6.75. The highest BCUT2D eigenvalue weighted by Gasteiger charge is 2.19. The summed E-state index contributed by atoms with van der Waals surface area (Å²) in [6, 6.07) is 13.3. The minimum atomic E-state index is -0.234. The number of hydrogen-bond donors (Lipinski definition) is 1. The smallest absolute Gasteiger partial charge is 0.229 e. The molecular formula is C20H23ClN6. The van der Waals surface area contributed by atoms with Gasteiger partial charge in [-0.1, -0.05) is 43.6 Å². The summed E-state index contributed by atoms with van der Waals surface area (Å²) in [4.78, 5) is 20.1. The molecule has 0 spiro atoms. The Labute approximate surface area is 164 Å². The monoisotopic (exact) mass is 382 g/mol. The lowest BCUT2D eigenvalue weighted by atomic mass is 10.0. The van der Waals surface area contributed by atoms with Crippen molar-refractivity contribution in [1.29, 1.82) is 0 Å². The molecule has 2 heterocycles. The molecule has 3 aromatic rings. The van der Waals surface area contributed by atoms with Gasteiger partial charge in [0, 0.05) is 31.2 Å². The van der Waals surface area contributed by atoms with Gasteiger partial charge in [-0.25, -0.2) is 0 Å². The maximum atomic E-state index is 6.22. The number of nitrogens with zero attached hydrogens (tertiary/aromatic N) is 5. The van der Waals surface area contributed by atoms with Crippen molar-refractivity contribution in [3.05, 3.63) is 70.8 Å². The van der Waals surface area contributed by atoms with E-state index in [2.05, 4.69) is 39.1 Å². The minimum Gasteiger partial charge on any atom is -0.347 e. The van der Waals surface area contributed by atoms with Gasteiger partial charge in [-0.15, -0.1) is 0 Å². The Morgan fingerprint density at radius 3 is 2.44 bits per heavy atom. The molecule has 1 aromatic carbocycles. The lowest BCUT2D eigenvalue weighted by Gasteiger charge is -2.21. The Kier molecular flexibility index (Phi) is 5.86. The fourth-order valence-corrected chi connectivity index (χ4v) is 2.79. The van der Waals surface area contributed by atoms with E-state index >= 15 is 0 Å². The van der Waals surface area contributed by atoms with Gasteiger partial charge in [-0.05, 0) is 29.8 Å². The minimum absolute atomic E-state index is 0.187. The molecule has 0 amide bonds. The van der Waals surface area contributed by atoms with Gasteiger partial charge in [-0.2, -0.15) is 15.0 Å². The van der Waals surface area contributed by atoms with Crippen molar-refractivity contribution in [2.45, 2.75) is 25.8 Å². The summed E-state index contributed by atoms with van der Waals surface area (Å²) in [6.45, 7) is 4.12. The van der Waals surface area contributed by atoms with E-state index in [1.807, 2.05) is 61.5 Å². The maximum Gasteiger partial charge on any atom is 0.229 e. The van der Waals surface area contributed by atoms with Crippen molar-refractivity contribution in [1.82, 2.24) is 19.9 Å². The van der Waals surface area contributed by atoms with Crippen LogP contribution >= 0.6 is 11.6 Å². The van der Waals surface area contributed by atoms with Crippen molar-refractivity contribution < 1.29 is 0 Å². The maximum absolute atomic E-state index is 6.22. The molecule has 1 unspecified atom stereocenters. The molecule has 0 bridgehead atoms. The van der Waals surface area contributed by atoms with Crippen LogP contribution in [-0.4, -0.2) is 34.0 Å². The highest BCUT2D eigenvalue weighted by atomic mass is 35.5. The average Bonchev–Trinajstić information content (AvgIpc) is 2.66. The molecule has 1 atom stereocenters. The summed E-state index contributed by atoms with van der Waals surface area (Å²) >= 11 is 6.22. The second-order valence-corrected chi connectivity index (χ2v) is 7.19. The zero-order chi connectivity index (χ0) is 19.4. The van der Waals surface area contributed by atoms with Gasteiger partial charge < -0.3 is 10.2 Å². The number of halogens is 1. The molecule has 0 fully saturated rings. The number of rotatable bonds is 6. The van der Waals surface area contributed by atoms with Gasteiger partial charge in [0.15, 0.2) is 0 Å². The molecule has 0 saturated heterocycles. The SMILES string of the molecule is CC(C)c1nc(NC(c2cccc(Cl)c2)c2ccccn2)nc(N(C)C)n1. The number of benzene rings is 1. The average molecular weight is 383 g/mol. The van der Waals surface area contributed by atoms with Crippen LogP contribution < -0.4 is 10.2 Å². The van der Waals surface area contributed by atoms with Gasteiger partial charge in [0.25, 0.3) is 0 Å². The largest absolute Gasteiger partial charge is 0.347 e. The normalized spacial score (nSPS) is 12.1. The lowest BCUT2D eigenvalue weighted by Crippen LogP contribution is -2.20. The van der Waals surface area contributed by atoms with Crippen LogP contribution in [0.3, 0.4) is 0 Å². The summed E-state index contributed by atoms with van der Waals surface area (Å²) in [5, 5.41) is 4.09. The zero-order valence-corrected chi connectivity index (χ0v) is 16.6. The first kappa shape index (κ1) is 19.0. The van der Waals surface area contributed by atoms with Crippen LogP contribution in [0.5, 0.6) is 0 Å². The number of anilines is 2. The Morgan fingerprint density at radius 2 is 1.81 bits per heavy atom. The van der Waals surface area contributed by atoms with E-state index in [0.717, 1.165) is 17.1 Å². The molecule has 0 aliphatic carbocycles. The van der Waals surface area contributed by atoms with Crippen molar-refractivity contribution in [2.75, 3.05) is 24.3 Å². The van der Waals surface area contributed by atoms with E-state index in [1.165, 1.54) is 0 Å². The third-order valence-electron chi connectivity index (χ3n) is 4.00. The van der Waals surface area contributed by atoms with E-state index in [1.54, 1.807) is 6.20 Å². The molecular weight excluding hydrogens is 360 g/mol. The summed E-state index contributed by atoms with van der Waals surface area (Å²) in [6.07, 6.45) is 1.77. The number of nitrogens with one attached hydrogen (secondary N) is 1. The molecule has 140 valence electrons. The van der Waals surface area contributed by atoms with Crippen molar-refractivity contribution in [3.63, 3.8) is 0 Å². The topological polar surface area (TPSA) is 66.8 Å². The number of hydrogen-bond acceptors (Lipinski definition) is 6. The zero-order valence-electron chi connectivity index (χ0n) is 15.9. The summed E-state index contributed by atoms with van der Waals surface area (Å²) in [7, 11) is 3.83. The van der Waals surface area contributed by atoms with Crippen LogP contribution in [0.1, 0.15) is 42.9 Å². The third kappa shape index (κ3) is 4.71. The fraction of sp³-hybridized carbons (Fsp3) is 0.300. The van der Waals surface area contributed by atoms with E-state index < -0.39 is 0 Å². The molecule has 7 heteroatoms. The predicted molar refractivity (Wildman–Crippen MR) is 109 cm³/mol. The van der Waals surface area contributed by atoms with Crippen LogP contribution in [0.25, 0.3) is 0 Å². The molecule has 0 aliphatic rings. The van der Waals surface area contributed by atoms with Gasteiger partial charge in [0.2, 0.25) is 11.9 Å². The van der Waals surface area contributed by atoms with E-state index in [4.69, 9.17) is 11.6 Å². The molecule has 6 nitrogen and oxygen atoms in total. The Bertz CT molecular complexity index is 872. The summed E-state index contributed by atoms with van der Waals surface area (Å²) < 4.78 is 0. The molecule has 3 rings (SSSR count). The molecule has 1 N–H and O–H groups in total. The Hall–Kier alpha value is -2.73. The first-order valence-corrected chi connectivity index (χ1v) is 9.18. The molecule has 27 heavy (non-hydrogen) atoms. The van der Waals surface area contributed by atoms with Gasteiger partial charge in [0.05, 0.1) is 11.7 Å². The van der Waals surface area contributed by atoms with Crippen molar-refractivity contribution >= 4 is 23.5 Å². The predicted octanol–water partition coefficient (Wildman–Crippen LogP) is 4.31. The number of aromatic nitrogens is 4. The molecule has 2 aromatic heterocycles. The third-order valence-corrected chi connectivity index (χ3v) is 4.23. The molecule has 0 aliphatic heterocycles. The van der Waals surface area contributed by atoms with E-state index in [0.29, 0.717) is 16.9 Å². The first-order valence-electron chi connectivity index (χ1n) is 8.80. The molecule has 0 radical (unpaired) electrons. The Balaban J connectivity index is 2.04. The summed E-state index contributed by atoms with van der Waals surface area (Å²) in [5.41, 5.74) is 1.84. The first-order chi connectivity index (χ1) is 12.9. The van der Waals surface area contributed by atoms with Crippen molar-refractivity contribution in [2.24, 2.45) is 0 Å². The van der Waals surface area contributed by atoms with Crippen LogP contribution in [0.15, 0.2) is 48.7 Å². The number of pyridine rings is 1. The standard InChI is InChI=1S/C20H23ClN6/c1-13(2)18-24-19(26-20(25-18)27(3)4)23-17(16-10-5-6-11-22-16)14-8-7-9-15(21)12-14/h5-13,17H,1-4H3,(H,23,24,25,26). The van der Waals surface area contributed by atoms with Crippen LogP contribution in [0, 0.1) is 0 Å².